The van der Waals surface area contributed by atoms with E-state index in [1.165, 1.54) is 6.07 Å². The number of aryl methyl sites for hydroxylation is 1. The van der Waals surface area contributed by atoms with Crippen LogP contribution in [0.1, 0.15) is 36.8 Å². The first-order valence-corrected chi connectivity index (χ1v) is 9.78. The predicted molar refractivity (Wildman–Crippen MR) is 103 cm³/mol. The van der Waals surface area contributed by atoms with E-state index in [0.29, 0.717) is 25.6 Å². The smallest absolute Gasteiger partial charge is 0.415 e. The number of nitrogens with zero attached hydrogens (tertiary/aromatic N) is 3. The number of amides is 1. The highest BCUT2D eigenvalue weighted by Crippen LogP contribution is 2.46. The molecule has 148 valence electrons. The van der Waals surface area contributed by atoms with Crippen molar-refractivity contribution in [3.63, 3.8) is 0 Å². The quantitative estimate of drug-likeness (QED) is 0.756. The standard InChI is InChI=1S/C20H22ClN3O4/c1-12-4-3-5-15(14-6-7-14)18(12)28-19-16(10-17(21)22-23-19)27-20(25)24-8-9-26-13(2)11-24/h3-5,10,13-14H,6-9,11H2,1-2H3. The minimum absolute atomic E-state index is 0.0377. The SMILES string of the molecule is Cc1cccc(C2CC2)c1Oc1nnc(Cl)cc1OC(=O)N1CCOC(C)C1. The maximum absolute atomic E-state index is 12.6. The van der Waals surface area contributed by atoms with Gasteiger partial charge in [-0.05, 0) is 43.7 Å². The molecule has 2 heterocycles. The Morgan fingerprint density at radius 3 is 2.89 bits per heavy atom. The van der Waals surface area contributed by atoms with Crippen LogP contribution in [0.25, 0.3) is 0 Å². The Balaban J connectivity index is 1.58. The molecule has 0 N–H and O–H groups in total. The Morgan fingerprint density at radius 1 is 1.32 bits per heavy atom. The van der Waals surface area contributed by atoms with Crippen LogP contribution in [-0.4, -0.2) is 47.0 Å². The summed E-state index contributed by atoms with van der Waals surface area (Å²) >= 11 is 5.98. The fourth-order valence-corrected chi connectivity index (χ4v) is 3.39. The predicted octanol–water partition coefficient (Wildman–Crippen LogP) is 4.33. The van der Waals surface area contributed by atoms with Crippen LogP contribution in [0.3, 0.4) is 0 Å². The molecule has 1 aliphatic heterocycles. The Labute approximate surface area is 168 Å². The van der Waals surface area contributed by atoms with E-state index in [1.807, 2.05) is 26.0 Å². The van der Waals surface area contributed by atoms with Crippen molar-refractivity contribution >= 4 is 17.7 Å². The maximum atomic E-state index is 12.6. The van der Waals surface area contributed by atoms with E-state index in [0.717, 1.165) is 29.7 Å². The lowest BCUT2D eigenvalue weighted by Crippen LogP contribution is -2.45. The zero-order chi connectivity index (χ0) is 19.7. The number of benzene rings is 1. The zero-order valence-electron chi connectivity index (χ0n) is 15.9. The highest BCUT2D eigenvalue weighted by molar-refractivity contribution is 6.29. The van der Waals surface area contributed by atoms with Crippen molar-refractivity contribution < 1.29 is 19.0 Å². The van der Waals surface area contributed by atoms with Crippen LogP contribution in [0.4, 0.5) is 4.79 Å². The lowest BCUT2D eigenvalue weighted by atomic mass is 10.1. The molecule has 4 rings (SSSR count). The third kappa shape index (κ3) is 4.20. The number of para-hydroxylation sites is 1. The van der Waals surface area contributed by atoms with E-state index >= 15 is 0 Å². The molecule has 7 nitrogen and oxygen atoms in total. The van der Waals surface area contributed by atoms with Gasteiger partial charge in [-0.2, -0.15) is 0 Å². The summed E-state index contributed by atoms with van der Waals surface area (Å²) in [7, 11) is 0. The molecule has 0 radical (unpaired) electrons. The largest absolute Gasteiger partial charge is 0.434 e. The minimum Gasteiger partial charge on any atom is -0.434 e. The topological polar surface area (TPSA) is 73.8 Å². The van der Waals surface area contributed by atoms with Gasteiger partial charge in [0.25, 0.3) is 5.88 Å². The summed E-state index contributed by atoms with van der Waals surface area (Å²) in [5, 5.41) is 8.00. The van der Waals surface area contributed by atoms with E-state index < -0.39 is 6.09 Å². The number of halogens is 1. The number of hydrogen-bond acceptors (Lipinski definition) is 6. The summed E-state index contributed by atoms with van der Waals surface area (Å²) in [6.07, 6.45) is 1.76. The van der Waals surface area contributed by atoms with Gasteiger partial charge in [-0.1, -0.05) is 29.8 Å². The average molecular weight is 404 g/mol. The molecule has 1 unspecified atom stereocenters. The fourth-order valence-electron chi connectivity index (χ4n) is 3.26. The van der Waals surface area contributed by atoms with E-state index in [4.69, 9.17) is 25.8 Å². The molecule has 2 fully saturated rings. The molecule has 2 aromatic rings. The molecule has 1 saturated heterocycles. The van der Waals surface area contributed by atoms with Crippen molar-refractivity contribution in [1.29, 1.82) is 0 Å². The number of ether oxygens (including phenoxy) is 3. The van der Waals surface area contributed by atoms with Crippen molar-refractivity contribution in [2.24, 2.45) is 0 Å². The number of morpholine rings is 1. The van der Waals surface area contributed by atoms with Crippen molar-refractivity contribution in [2.45, 2.75) is 38.7 Å². The van der Waals surface area contributed by atoms with Crippen LogP contribution in [0.2, 0.25) is 5.15 Å². The summed E-state index contributed by atoms with van der Waals surface area (Å²) in [4.78, 5) is 14.2. The van der Waals surface area contributed by atoms with Gasteiger partial charge in [0.15, 0.2) is 10.9 Å². The zero-order valence-corrected chi connectivity index (χ0v) is 16.6. The van der Waals surface area contributed by atoms with Crippen molar-refractivity contribution in [3.8, 4) is 17.4 Å². The van der Waals surface area contributed by atoms with Gasteiger partial charge in [-0.25, -0.2) is 4.79 Å². The summed E-state index contributed by atoms with van der Waals surface area (Å²) in [5.74, 6) is 1.50. The molecule has 8 heteroatoms. The second-order valence-electron chi connectivity index (χ2n) is 7.20. The molecular weight excluding hydrogens is 382 g/mol. The van der Waals surface area contributed by atoms with Crippen molar-refractivity contribution in [1.82, 2.24) is 15.1 Å². The number of aromatic nitrogens is 2. The molecule has 1 aliphatic carbocycles. The molecular formula is C20H22ClN3O4. The van der Waals surface area contributed by atoms with Crippen molar-refractivity contribution in [3.05, 3.63) is 40.5 Å². The first kappa shape index (κ1) is 19.0. The second kappa shape index (κ2) is 7.93. The normalized spacial score (nSPS) is 19.4. The average Bonchev–Trinajstić information content (AvgIpc) is 3.50. The van der Waals surface area contributed by atoms with E-state index in [1.54, 1.807) is 4.90 Å². The van der Waals surface area contributed by atoms with Gasteiger partial charge < -0.3 is 19.1 Å². The summed E-state index contributed by atoms with van der Waals surface area (Å²) in [6.45, 7) is 5.30. The molecule has 1 atom stereocenters. The van der Waals surface area contributed by atoms with Gasteiger partial charge in [0.2, 0.25) is 0 Å². The van der Waals surface area contributed by atoms with Crippen LogP contribution in [-0.2, 0) is 4.74 Å². The lowest BCUT2D eigenvalue weighted by Gasteiger charge is -2.30. The third-order valence-electron chi connectivity index (χ3n) is 4.85. The summed E-state index contributed by atoms with van der Waals surface area (Å²) in [6, 6.07) is 7.50. The number of carbonyl (C=O) groups is 1. The number of hydrogen-bond donors (Lipinski definition) is 0. The molecule has 1 saturated carbocycles. The summed E-state index contributed by atoms with van der Waals surface area (Å²) in [5.41, 5.74) is 2.12. The highest BCUT2D eigenvalue weighted by Gasteiger charge is 2.29. The van der Waals surface area contributed by atoms with Gasteiger partial charge in [0.05, 0.1) is 19.3 Å². The molecule has 1 amide bonds. The third-order valence-corrected chi connectivity index (χ3v) is 5.04. The van der Waals surface area contributed by atoms with E-state index in [-0.39, 0.29) is 22.9 Å². The number of rotatable bonds is 4. The first-order valence-electron chi connectivity index (χ1n) is 9.40. The molecule has 28 heavy (non-hydrogen) atoms. The Bertz CT molecular complexity index is 888. The molecule has 0 bridgehead atoms. The maximum Gasteiger partial charge on any atom is 0.415 e. The van der Waals surface area contributed by atoms with Crippen molar-refractivity contribution in [2.75, 3.05) is 19.7 Å². The van der Waals surface area contributed by atoms with Crippen LogP contribution >= 0.6 is 11.6 Å². The Morgan fingerprint density at radius 2 is 2.14 bits per heavy atom. The van der Waals surface area contributed by atoms with Crippen LogP contribution < -0.4 is 9.47 Å². The monoisotopic (exact) mass is 403 g/mol. The van der Waals surface area contributed by atoms with Gasteiger partial charge in [0, 0.05) is 12.6 Å². The van der Waals surface area contributed by atoms with Crippen LogP contribution in [0.15, 0.2) is 24.3 Å². The lowest BCUT2D eigenvalue weighted by molar-refractivity contribution is -0.0106. The van der Waals surface area contributed by atoms with Crippen LogP contribution in [0.5, 0.6) is 17.4 Å². The molecule has 0 spiro atoms. The van der Waals surface area contributed by atoms with E-state index in [2.05, 4.69) is 16.3 Å². The molecule has 1 aromatic heterocycles. The van der Waals surface area contributed by atoms with E-state index in [9.17, 15) is 4.79 Å². The van der Waals surface area contributed by atoms with Crippen LogP contribution in [0, 0.1) is 6.92 Å². The Kier molecular flexibility index (Phi) is 5.37. The highest BCUT2D eigenvalue weighted by atomic mass is 35.5. The number of carbonyl (C=O) groups excluding carboxylic acids is 1. The van der Waals surface area contributed by atoms with Gasteiger partial charge in [0.1, 0.15) is 5.75 Å². The fraction of sp³-hybridized carbons (Fsp3) is 0.450. The minimum atomic E-state index is -0.490. The Hall–Kier alpha value is -2.38. The second-order valence-corrected chi connectivity index (χ2v) is 7.59. The summed E-state index contributed by atoms with van der Waals surface area (Å²) < 4.78 is 17.1. The van der Waals surface area contributed by atoms with Gasteiger partial charge in [-0.15, -0.1) is 10.2 Å². The molecule has 2 aliphatic rings. The first-order chi connectivity index (χ1) is 13.5. The van der Waals surface area contributed by atoms with Gasteiger partial charge in [-0.3, -0.25) is 0 Å². The van der Waals surface area contributed by atoms with Gasteiger partial charge >= 0.3 is 6.09 Å². The molecule has 1 aromatic carbocycles.